The van der Waals surface area contributed by atoms with Crippen LogP contribution < -0.4 is 10.2 Å². The number of rotatable bonds is 4. The highest BCUT2D eigenvalue weighted by Crippen LogP contribution is 2.27. The second-order valence-electron chi connectivity index (χ2n) is 7.61. The monoisotopic (exact) mass is 408 g/mol. The van der Waals surface area contributed by atoms with Gasteiger partial charge in [-0.2, -0.15) is 0 Å². The molecular weight excluding hydrogens is 388 g/mol. The first kappa shape index (κ1) is 18.9. The van der Waals surface area contributed by atoms with E-state index in [1.54, 1.807) is 23.4 Å². The topological polar surface area (TPSA) is 75.2 Å². The van der Waals surface area contributed by atoms with Crippen LogP contribution in [0.15, 0.2) is 73.1 Å². The molecule has 2 aromatic carbocycles. The zero-order chi connectivity index (χ0) is 21.4. The van der Waals surface area contributed by atoms with Gasteiger partial charge in [0.15, 0.2) is 0 Å². The smallest absolute Gasteiger partial charge is 0.256 e. The van der Waals surface area contributed by atoms with Crippen LogP contribution in [0.2, 0.25) is 0 Å². The van der Waals surface area contributed by atoms with E-state index in [-0.39, 0.29) is 11.8 Å². The van der Waals surface area contributed by atoms with Gasteiger partial charge in [-0.25, -0.2) is 4.98 Å². The van der Waals surface area contributed by atoms with Crippen LogP contribution in [0, 0.1) is 6.92 Å². The largest absolute Gasteiger partial charge is 0.322 e. The van der Waals surface area contributed by atoms with Crippen molar-refractivity contribution in [1.29, 1.82) is 0 Å². The summed E-state index contributed by atoms with van der Waals surface area (Å²) in [6, 6.07) is 18.8. The third-order valence-corrected chi connectivity index (χ3v) is 5.45. The first-order valence-corrected chi connectivity index (χ1v) is 10.1. The number of benzene rings is 2. The molecule has 1 fully saturated rings. The molecule has 5 rings (SSSR count). The summed E-state index contributed by atoms with van der Waals surface area (Å²) in [5.41, 5.74) is 5.42. The van der Waals surface area contributed by atoms with Crippen molar-refractivity contribution in [2.75, 3.05) is 16.8 Å². The highest BCUT2D eigenvalue weighted by molar-refractivity contribution is 6.13. The van der Waals surface area contributed by atoms with Gasteiger partial charge in [0.05, 0.1) is 16.8 Å². The third-order valence-electron chi connectivity index (χ3n) is 5.45. The highest BCUT2D eigenvalue weighted by Gasteiger charge is 2.25. The van der Waals surface area contributed by atoms with E-state index in [1.807, 2.05) is 61.5 Å². The summed E-state index contributed by atoms with van der Waals surface area (Å²) >= 11 is 0. The molecule has 1 aliphatic heterocycles. The first-order valence-electron chi connectivity index (χ1n) is 10.1. The fraction of sp³-hybridized carbons (Fsp3) is 0.120. The van der Waals surface area contributed by atoms with Crippen LogP contribution in [-0.2, 0) is 4.79 Å². The number of aromatic nitrogens is 2. The molecule has 0 spiro atoms. The van der Waals surface area contributed by atoms with Crippen molar-refractivity contribution in [2.24, 2.45) is 0 Å². The number of carbonyl (C=O) groups is 2. The van der Waals surface area contributed by atoms with Crippen molar-refractivity contribution < 1.29 is 9.59 Å². The maximum Gasteiger partial charge on any atom is 0.256 e. The molecule has 3 heterocycles. The van der Waals surface area contributed by atoms with Crippen LogP contribution in [0.5, 0.6) is 0 Å². The average Bonchev–Trinajstić information content (AvgIpc) is 2.79. The second kappa shape index (κ2) is 7.65. The number of pyridine rings is 2. The first-order chi connectivity index (χ1) is 15.1. The lowest BCUT2D eigenvalue weighted by Crippen LogP contribution is -2.43. The lowest BCUT2D eigenvalue weighted by atomic mass is 10.0. The second-order valence-corrected chi connectivity index (χ2v) is 7.61. The van der Waals surface area contributed by atoms with Crippen molar-refractivity contribution in [3.8, 4) is 11.3 Å². The Balaban J connectivity index is 1.50. The van der Waals surface area contributed by atoms with Crippen LogP contribution in [0.1, 0.15) is 22.3 Å². The van der Waals surface area contributed by atoms with Gasteiger partial charge in [0.1, 0.15) is 0 Å². The summed E-state index contributed by atoms with van der Waals surface area (Å²) in [5, 5.41) is 3.78. The molecule has 2 amide bonds. The molecular formula is C25H20N4O2. The summed E-state index contributed by atoms with van der Waals surface area (Å²) in [5.74, 6) is -0.0886. The lowest BCUT2D eigenvalue weighted by Gasteiger charge is -2.30. The molecule has 0 bridgehead atoms. The van der Waals surface area contributed by atoms with Gasteiger partial charge in [-0.3, -0.25) is 14.6 Å². The Kier molecular flexibility index (Phi) is 4.67. The molecule has 0 radical (unpaired) electrons. The molecule has 0 atom stereocenters. The summed E-state index contributed by atoms with van der Waals surface area (Å²) in [7, 11) is 0. The number of β-lactam (4-membered cyclic amide) rings is 1. The SMILES string of the molecule is Cc1ccc2nc(-c3cccnc3)cc(C(=O)Nc3ccc(N4CCC4=O)cc3)c2c1. The zero-order valence-corrected chi connectivity index (χ0v) is 17.0. The molecule has 152 valence electrons. The number of carbonyl (C=O) groups excluding carboxylic acids is 2. The number of hydrogen-bond donors (Lipinski definition) is 1. The fourth-order valence-corrected chi connectivity index (χ4v) is 3.70. The molecule has 0 saturated carbocycles. The maximum atomic E-state index is 13.2. The predicted molar refractivity (Wildman–Crippen MR) is 121 cm³/mol. The normalized spacial score (nSPS) is 13.2. The standard InChI is InChI=1S/C25H20N4O2/c1-16-4-9-22-20(13-16)21(14-23(28-22)17-3-2-11-26-15-17)25(31)27-18-5-7-19(8-6-18)29-12-10-24(29)30/h2-9,11,13-15H,10,12H2,1H3,(H,27,31). The number of amides is 2. The molecule has 2 aromatic heterocycles. The Hall–Kier alpha value is -4.06. The van der Waals surface area contributed by atoms with Crippen molar-refractivity contribution in [1.82, 2.24) is 9.97 Å². The minimum Gasteiger partial charge on any atom is -0.322 e. The van der Waals surface area contributed by atoms with Crippen molar-refractivity contribution >= 4 is 34.1 Å². The number of nitrogens with one attached hydrogen (secondary N) is 1. The van der Waals surface area contributed by atoms with Gasteiger partial charge in [0, 0.05) is 47.7 Å². The summed E-state index contributed by atoms with van der Waals surface area (Å²) in [4.78, 5) is 35.5. The Morgan fingerprint density at radius 2 is 1.90 bits per heavy atom. The van der Waals surface area contributed by atoms with E-state index in [0.717, 1.165) is 34.3 Å². The van der Waals surface area contributed by atoms with Crippen molar-refractivity contribution in [3.63, 3.8) is 0 Å². The number of fused-ring (bicyclic) bond motifs is 1. The molecule has 6 heteroatoms. The molecule has 1 aliphatic rings. The maximum absolute atomic E-state index is 13.2. The van der Waals surface area contributed by atoms with Gasteiger partial charge >= 0.3 is 0 Å². The zero-order valence-electron chi connectivity index (χ0n) is 17.0. The van der Waals surface area contributed by atoms with E-state index in [1.165, 1.54) is 0 Å². The van der Waals surface area contributed by atoms with E-state index < -0.39 is 0 Å². The Morgan fingerprint density at radius 1 is 1.06 bits per heavy atom. The van der Waals surface area contributed by atoms with Crippen LogP contribution >= 0.6 is 0 Å². The van der Waals surface area contributed by atoms with Crippen molar-refractivity contribution in [3.05, 3.63) is 84.2 Å². The Morgan fingerprint density at radius 3 is 2.58 bits per heavy atom. The molecule has 0 aliphatic carbocycles. The van der Waals surface area contributed by atoms with Gasteiger partial charge in [0.2, 0.25) is 5.91 Å². The molecule has 1 saturated heterocycles. The van der Waals surface area contributed by atoms with Crippen LogP contribution in [0.4, 0.5) is 11.4 Å². The van der Waals surface area contributed by atoms with Crippen LogP contribution in [0.3, 0.4) is 0 Å². The van der Waals surface area contributed by atoms with E-state index >= 15 is 0 Å². The molecule has 31 heavy (non-hydrogen) atoms. The summed E-state index contributed by atoms with van der Waals surface area (Å²) in [6.45, 7) is 2.73. The number of aryl methyl sites for hydroxylation is 1. The molecule has 4 aromatic rings. The van der Waals surface area contributed by atoms with Gasteiger partial charge in [0.25, 0.3) is 5.91 Å². The Bertz CT molecular complexity index is 1300. The number of anilines is 2. The number of hydrogen-bond acceptors (Lipinski definition) is 4. The Labute approximate surface area is 179 Å². The molecule has 0 unspecified atom stereocenters. The van der Waals surface area contributed by atoms with Gasteiger partial charge in [-0.15, -0.1) is 0 Å². The van der Waals surface area contributed by atoms with E-state index in [2.05, 4.69) is 10.3 Å². The predicted octanol–water partition coefficient (Wildman–Crippen LogP) is 4.59. The minimum absolute atomic E-state index is 0.123. The quantitative estimate of drug-likeness (QED) is 0.501. The summed E-state index contributed by atoms with van der Waals surface area (Å²) < 4.78 is 0. The van der Waals surface area contributed by atoms with Crippen LogP contribution in [-0.4, -0.2) is 28.3 Å². The fourth-order valence-electron chi connectivity index (χ4n) is 3.70. The van der Waals surface area contributed by atoms with E-state index in [4.69, 9.17) is 4.98 Å². The average molecular weight is 408 g/mol. The van der Waals surface area contributed by atoms with Crippen molar-refractivity contribution in [2.45, 2.75) is 13.3 Å². The minimum atomic E-state index is -0.212. The molecule has 1 N–H and O–H groups in total. The van der Waals surface area contributed by atoms with Gasteiger partial charge < -0.3 is 10.2 Å². The lowest BCUT2D eigenvalue weighted by molar-refractivity contribution is -0.122. The highest BCUT2D eigenvalue weighted by atomic mass is 16.2. The van der Waals surface area contributed by atoms with Gasteiger partial charge in [-0.05, 0) is 61.5 Å². The van der Waals surface area contributed by atoms with E-state index in [0.29, 0.717) is 23.4 Å². The number of nitrogens with zero attached hydrogens (tertiary/aromatic N) is 3. The summed E-state index contributed by atoms with van der Waals surface area (Å²) in [6.07, 6.45) is 4.03. The van der Waals surface area contributed by atoms with Gasteiger partial charge in [-0.1, -0.05) is 11.6 Å². The third kappa shape index (κ3) is 3.64. The van der Waals surface area contributed by atoms with Crippen LogP contribution in [0.25, 0.3) is 22.2 Å². The van der Waals surface area contributed by atoms with E-state index in [9.17, 15) is 9.59 Å². The molecule has 6 nitrogen and oxygen atoms in total.